The van der Waals surface area contributed by atoms with Crippen LogP contribution in [0.15, 0.2) is 18.2 Å². The second-order valence-electron chi connectivity index (χ2n) is 3.13. The summed E-state index contributed by atoms with van der Waals surface area (Å²) >= 11 is 0. The minimum absolute atomic E-state index is 0. The van der Waals surface area contributed by atoms with E-state index < -0.39 is 0 Å². The van der Waals surface area contributed by atoms with Gasteiger partial charge in [-0.3, -0.25) is 0 Å². The fourth-order valence-corrected chi connectivity index (χ4v) is 1.15. The zero-order valence-electron chi connectivity index (χ0n) is 8.03. The number of halogens is 2. The largest absolute Gasteiger partial charge is 0.396 e. The molecule has 0 aliphatic heterocycles. The highest BCUT2D eigenvalue weighted by atomic mass is 35.5. The number of aliphatic hydroxyl groups excluding tert-OH is 1. The molecule has 0 saturated heterocycles. The molecule has 0 fully saturated rings. The first-order valence-corrected chi connectivity index (χ1v) is 4.27. The van der Waals surface area contributed by atoms with Crippen molar-refractivity contribution in [1.29, 1.82) is 0 Å². The van der Waals surface area contributed by atoms with Gasteiger partial charge in [0.1, 0.15) is 5.82 Å². The molecule has 0 heterocycles. The Balaban J connectivity index is 0.00000169. The van der Waals surface area contributed by atoms with E-state index in [0.29, 0.717) is 12.0 Å². The van der Waals surface area contributed by atoms with Crippen molar-refractivity contribution in [3.8, 4) is 0 Å². The van der Waals surface area contributed by atoms with Crippen LogP contribution in [-0.2, 0) is 0 Å². The SMILES string of the molecule is Cc1ccc(C(N)CCO)cc1F.Cl. The predicted octanol–water partition coefficient (Wildman–Crippen LogP) is 1.94. The zero-order valence-corrected chi connectivity index (χ0v) is 8.85. The molecule has 0 radical (unpaired) electrons. The summed E-state index contributed by atoms with van der Waals surface area (Å²) in [6.45, 7) is 1.73. The molecule has 1 atom stereocenters. The third-order valence-electron chi connectivity index (χ3n) is 2.06. The van der Waals surface area contributed by atoms with Crippen molar-refractivity contribution in [2.45, 2.75) is 19.4 Å². The predicted molar refractivity (Wildman–Crippen MR) is 57.0 cm³/mol. The van der Waals surface area contributed by atoms with Crippen LogP contribution >= 0.6 is 12.4 Å². The number of hydrogen-bond donors (Lipinski definition) is 2. The summed E-state index contributed by atoms with van der Waals surface area (Å²) in [4.78, 5) is 0. The maximum atomic E-state index is 13.1. The van der Waals surface area contributed by atoms with Crippen LogP contribution in [0.25, 0.3) is 0 Å². The lowest BCUT2D eigenvalue weighted by atomic mass is 10.0. The molecule has 1 unspecified atom stereocenters. The van der Waals surface area contributed by atoms with E-state index in [1.165, 1.54) is 6.07 Å². The molecular formula is C10H15ClFNO. The van der Waals surface area contributed by atoms with E-state index in [4.69, 9.17) is 10.8 Å². The lowest BCUT2D eigenvalue weighted by Gasteiger charge is -2.10. The lowest BCUT2D eigenvalue weighted by molar-refractivity contribution is 0.276. The molecule has 0 saturated carbocycles. The molecular weight excluding hydrogens is 205 g/mol. The average molecular weight is 220 g/mol. The second-order valence-corrected chi connectivity index (χ2v) is 3.13. The van der Waals surface area contributed by atoms with Gasteiger partial charge in [0.15, 0.2) is 0 Å². The van der Waals surface area contributed by atoms with Gasteiger partial charge in [-0.05, 0) is 30.5 Å². The van der Waals surface area contributed by atoms with Crippen molar-refractivity contribution in [2.24, 2.45) is 5.73 Å². The number of aliphatic hydroxyl groups is 1. The van der Waals surface area contributed by atoms with Crippen molar-refractivity contribution in [1.82, 2.24) is 0 Å². The Morgan fingerprint density at radius 3 is 2.64 bits per heavy atom. The van der Waals surface area contributed by atoms with Crippen molar-refractivity contribution < 1.29 is 9.50 Å². The van der Waals surface area contributed by atoms with Crippen LogP contribution in [0.3, 0.4) is 0 Å². The fourth-order valence-electron chi connectivity index (χ4n) is 1.15. The van der Waals surface area contributed by atoms with E-state index in [1.54, 1.807) is 19.1 Å². The van der Waals surface area contributed by atoms with E-state index in [1.807, 2.05) is 0 Å². The summed E-state index contributed by atoms with van der Waals surface area (Å²) < 4.78 is 13.1. The number of aryl methyl sites for hydroxylation is 1. The molecule has 0 aliphatic rings. The minimum atomic E-state index is -0.278. The van der Waals surface area contributed by atoms with Gasteiger partial charge < -0.3 is 10.8 Å². The summed E-state index contributed by atoms with van der Waals surface area (Å²) in [5, 5.41) is 8.65. The summed E-state index contributed by atoms with van der Waals surface area (Å²) in [6, 6.07) is 4.64. The lowest BCUT2D eigenvalue weighted by Crippen LogP contribution is -2.12. The van der Waals surface area contributed by atoms with E-state index in [2.05, 4.69) is 0 Å². The first-order valence-electron chi connectivity index (χ1n) is 4.27. The maximum absolute atomic E-state index is 13.1. The van der Waals surface area contributed by atoms with Gasteiger partial charge in [-0.25, -0.2) is 4.39 Å². The highest BCUT2D eigenvalue weighted by Gasteiger charge is 2.06. The van der Waals surface area contributed by atoms with Gasteiger partial charge in [-0.1, -0.05) is 12.1 Å². The van der Waals surface area contributed by atoms with Gasteiger partial charge in [0, 0.05) is 12.6 Å². The molecule has 80 valence electrons. The van der Waals surface area contributed by atoms with Crippen molar-refractivity contribution in [3.05, 3.63) is 35.1 Å². The van der Waals surface area contributed by atoms with E-state index in [-0.39, 0.29) is 30.9 Å². The highest BCUT2D eigenvalue weighted by molar-refractivity contribution is 5.85. The molecule has 2 nitrogen and oxygen atoms in total. The molecule has 0 aliphatic carbocycles. The third kappa shape index (κ3) is 3.25. The molecule has 3 N–H and O–H groups in total. The van der Waals surface area contributed by atoms with Crippen molar-refractivity contribution in [2.75, 3.05) is 6.61 Å². The monoisotopic (exact) mass is 219 g/mol. The van der Waals surface area contributed by atoms with Crippen LogP contribution in [0, 0.1) is 12.7 Å². The summed E-state index contributed by atoms with van der Waals surface area (Å²) in [7, 11) is 0. The summed E-state index contributed by atoms with van der Waals surface area (Å²) in [5.74, 6) is -0.245. The average Bonchev–Trinajstić information content (AvgIpc) is 2.10. The molecule has 1 rings (SSSR count). The molecule has 1 aromatic rings. The third-order valence-corrected chi connectivity index (χ3v) is 2.06. The Bertz CT molecular complexity index is 293. The first-order chi connectivity index (χ1) is 6.15. The van der Waals surface area contributed by atoms with E-state index in [0.717, 1.165) is 5.56 Å². The Labute approximate surface area is 89.3 Å². The molecule has 0 aromatic heterocycles. The van der Waals surface area contributed by atoms with Crippen LogP contribution in [0.1, 0.15) is 23.6 Å². The zero-order chi connectivity index (χ0) is 9.84. The Kier molecular flexibility index (Phi) is 5.69. The van der Waals surface area contributed by atoms with Gasteiger partial charge in [0.05, 0.1) is 0 Å². The van der Waals surface area contributed by atoms with Gasteiger partial charge in [-0.15, -0.1) is 12.4 Å². The molecule has 0 spiro atoms. The Morgan fingerprint density at radius 1 is 1.50 bits per heavy atom. The number of nitrogens with two attached hydrogens (primary N) is 1. The van der Waals surface area contributed by atoms with Crippen LogP contribution in [0.2, 0.25) is 0 Å². The number of hydrogen-bond acceptors (Lipinski definition) is 2. The van der Waals surface area contributed by atoms with Gasteiger partial charge in [-0.2, -0.15) is 0 Å². The second kappa shape index (κ2) is 5.96. The Morgan fingerprint density at radius 2 is 2.14 bits per heavy atom. The van der Waals surface area contributed by atoms with Crippen molar-refractivity contribution >= 4 is 12.4 Å². The maximum Gasteiger partial charge on any atom is 0.126 e. The van der Waals surface area contributed by atoms with Gasteiger partial charge in [0.2, 0.25) is 0 Å². The standard InChI is InChI=1S/C10H14FNO.ClH/c1-7-2-3-8(6-9(7)11)10(12)4-5-13;/h2-3,6,10,13H,4-5,12H2,1H3;1H. The van der Waals surface area contributed by atoms with Crippen molar-refractivity contribution in [3.63, 3.8) is 0 Å². The van der Waals surface area contributed by atoms with E-state index >= 15 is 0 Å². The molecule has 14 heavy (non-hydrogen) atoms. The number of rotatable bonds is 3. The number of benzene rings is 1. The van der Waals surface area contributed by atoms with Crippen LogP contribution in [-0.4, -0.2) is 11.7 Å². The van der Waals surface area contributed by atoms with Crippen LogP contribution in [0.4, 0.5) is 4.39 Å². The topological polar surface area (TPSA) is 46.2 Å². The highest BCUT2D eigenvalue weighted by Crippen LogP contribution is 2.16. The first kappa shape index (κ1) is 13.4. The molecule has 1 aromatic carbocycles. The molecule has 0 amide bonds. The minimum Gasteiger partial charge on any atom is -0.396 e. The van der Waals surface area contributed by atoms with E-state index in [9.17, 15) is 4.39 Å². The summed E-state index contributed by atoms with van der Waals surface area (Å²) in [5.41, 5.74) is 7.04. The summed E-state index contributed by atoms with van der Waals surface area (Å²) in [6.07, 6.45) is 0.461. The normalized spacial score (nSPS) is 12.0. The van der Waals surface area contributed by atoms with Gasteiger partial charge >= 0.3 is 0 Å². The van der Waals surface area contributed by atoms with Gasteiger partial charge in [0.25, 0.3) is 0 Å². The smallest absolute Gasteiger partial charge is 0.126 e. The quantitative estimate of drug-likeness (QED) is 0.816. The Hall–Kier alpha value is -0.640. The van der Waals surface area contributed by atoms with Crippen LogP contribution in [0.5, 0.6) is 0 Å². The molecule has 4 heteroatoms. The fraction of sp³-hybridized carbons (Fsp3) is 0.400. The van der Waals surface area contributed by atoms with Crippen LogP contribution < -0.4 is 5.73 Å². The molecule has 0 bridgehead atoms.